The van der Waals surface area contributed by atoms with E-state index in [1.807, 2.05) is 64.4 Å². The van der Waals surface area contributed by atoms with Gasteiger partial charge >= 0.3 is 0 Å². The second-order valence-electron chi connectivity index (χ2n) is 9.02. The van der Waals surface area contributed by atoms with Crippen molar-refractivity contribution in [2.45, 2.75) is 38.3 Å². The topological polar surface area (TPSA) is 79.5 Å². The van der Waals surface area contributed by atoms with Crippen LogP contribution in [-0.2, 0) is 16.1 Å². The molecule has 0 unspecified atom stereocenters. The van der Waals surface area contributed by atoms with Crippen molar-refractivity contribution in [1.29, 1.82) is 0 Å². The fourth-order valence-electron chi connectivity index (χ4n) is 4.40. The van der Waals surface area contributed by atoms with Gasteiger partial charge in [-0.05, 0) is 49.5 Å². The van der Waals surface area contributed by atoms with Crippen LogP contribution in [0.5, 0.6) is 0 Å². The summed E-state index contributed by atoms with van der Waals surface area (Å²) in [5.41, 5.74) is 1.67. The lowest BCUT2D eigenvalue weighted by Crippen LogP contribution is -2.44. The number of hydrogen-bond acceptors (Lipinski definition) is 5. The zero-order valence-electron chi connectivity index (χ0n) is 19.3. The monoisotopic (exact) mass is 490 g/mol. The predicted octanol–water partition coefficient (Wildman–Crippen LogP) is 4.83. The molecule has 2 amide bonds. The number of carbonyl (C=O) groups excluding carboxylic acids is 2. The Morgan fingerprint density at radius 1 is 1.00 bits per heavy atom. The quantitative estimate of drug-likeness (QED) is 0.443. The molecule has 0 N–H and O–H groups in total. The van der Waals surface area contributed by atoms with E-state index in [0.29, 0.717) is 54.8 Å². The molecular weight excluding hydrogens is 464 g/mol. The zero-order valence-corrected chi connectivity index (χ0v) is 20.1. The summed E-state index contributed by atoms with van der Waals surface area (Å²) in [5.74, 6) is 0.736. The lowest BCUT2D eigenvalue weighted by Gasteiger charge is -2.33. The maximum atomic E-state index is 13.4. The maximum absolute atomic E-state index is 13.4. The summed E-state index contributed by atoms with van der Waals surface area (Å²) in [6.07, 6.45) is 6.72. The normalized spacial score (nSPS) is 16.5. The van der Waals surface area contributed by atoms with Gasteiger partial charge in [-0.15, -0.1) is 10.2 Å². The number of amides is 2. The molecule has 3 aromatic rings. The molecule has 2 aromatic carbocycles. The van der Waals surface area contributed by atoms with Crippen LogP contribution in [0.2, 0.25) is 5.02 Å². The Balaban J connectivity index is 1.18. The predicted molar refractivity (Wildman–Crippen MR) is 133 cm³/mol. The molecule has 2 heterocycles. The summed E-state index contributed by atoms with van der Waals surface area (Å²) < 4.78 is 5.85. The average Bonchev–Trinajstić information content (AvgIpc) is 3.64. The summed E-state index contributed by atoms with van der Waals surface area (Å²) in [7, 11) is 0. The molecule has 1 saturated carbocycles. The Morgan fingerprint density at radius 2 is 1.71 bits per heavy atom. The number of piperidine rings is 1. The number of halogens is 1. The molecule has 2 aliphatic rings. The van der Waals surface area contributed by atoms with Crippen molar-refractivity contribution in [2.24, 2.45) is 5.92 Å². The van der Waals surface area contributed by atoms with Crippen LogP contribution < -0.4 is 0 Å². The molecular formula is C27H27ClN4O3. The number of carbonyl (C=O) groups is 2. The van der Waals surface area contributed by atoms with Gasteiger partial charge in [0.05, 0.1) is 17.1 Å². The van der Waals surface area contributed by atoms with Gasteiger partial charge in [-0.2, -0.15) is 0 Å². The minimum Gasteiger partial charge on any atom is -0.419 e. The largest absolute Gasteiger partial charge is 0.419 e. The molecule has 7 nitrogen and oxygen atoms in total. The van der Waals surface area contributed by atoms with Crippen molar-refractivity contribution >= 4 is 29.5 Å². The Labute approximate surface area is 209 Å². The van der Waals surface area contributed by atoms with Crippen LogP contribution in [0, 0.1) is 5.92 Å². The van der Waals surface area contributed by atoms with E-state index >= 15 is 0 Å². The lowest BCUT2D eigenvalue weighted by atomic mass is 9.95. The highest BCUT2D eigenvalue weighted by molar-refractivity contribution is 6.33. The summed E-state index contributed by atoms with van der Waals surface area (Å²) in [6, 6.07) is 17.3. The van der Waals surface area contributed by atoms with E-state index in [1.54, 1.807) is 12.1 Å². The third-order valence-electron chi connectivity index (χ3n) is 6.52. The molecule has 0 radical (unpaired) electrons. The SMILES string of the molecule is O=C(/C=C/c1ccccc1)N1CCC(C(=O)N(Cc2nnc(-c3ccccc3Cl)o2)C2CC2)CC1. The van der Waals surface area contributed by atoms with E-state index in [-0.39, 0.29) is 23.8 Å². The van der Waals surface area contributed by atoms with E-state index in [9.17, 15) is 9.59 Å². The molecule has 8 heteroatoms. The number of hydrogen-bond donors (Lipinski definition) is 0. The summed E-state index contributed by atoms with van der Waals surface area (Å²) >= 11 is 6.25. The molecule has 5 rings (SSSR count). The molecule has 0 atom stereocenters. The Kier molecular flexibility index (Phi) is 6.95. The lowest BCUT2D eigenvalue weighted by molar-refractivity contribution is -0.140. The molecule has 180 valence electrons. The van der Waals surface area contributed by atoms with E-state index in [1.165, 1.54) is 0 Å². The van der Waals surface area contributed by atoms with Crippen LogP contribution in [-0.4, -0.2) is 50.9 Å². The average molecular weight is 491 g/mol. The van der Waals surface area contributed by atoms with Gasteiger partial charge in [0.25, 0.3) is 0 Å². The molecule has 2 fully saturated rings. The minimum absolute atomic E-state index is 0.0169. The van der Waals surface area contributed by atoms with Gasteiger partial charge in [0.15, 0.2) is 0 Å². The number of aromatic nitrogens is 2. The fraction of sp³-hybridized carbons (Fsp3) is 0.333. The third-order valence-corrected chi connectivity index (χ3v) is 6.85. The van der Waals surface area contributed by atoms with E-state index in [4.69, 9.17) is 16.0 Å². The van der Waals surface area contributed by atoms with Crippen LogP contribution in [0.25, 0.3) is 17.5 Å². The van der Waals surface area contributed by atoms with Crippen LogP contribution in [0.3, 0.4) is 0 Å². The first kappa shape index (κ1) is 23.3. The van der Waals surface area contributed by atoms with Crippen molar-refractivity contribution in [1.82, 2.24) is 20.0 Å². The van der Waals surface area contributed by atoms with Gasteiger partial charge in [-0.25, -0.2) is 0 Å². The van der Waals surface area contributed by atoms with E-state index in [2.05, 4.69) is 10.2 Å². The van der Waals surface area contributed by atoms with Crippen molar-refractivity contribution in [3.63, 3.8) is 0 Å². The van der Waals surface area contributed by atoms with Gasteiger partial charge < -0.3 is 14.2 Å². The standard InChI is InChI=1S/C27H27ClN4O3/c28-23-9-5-4-8-22(23)26-30-29-24(35-26)18-32(21-11-12-21)27(34)20-14-16-31(17-15-20)25(33)13-10-19-6-2-1-3-7-19/h1-10,13,20-21H,11-12,14-18H2/b13-10+. The van der Waals surface area contributed by atoms with Crippen LogP contribution in [0.15, 0.2) is 65.1 Å². The summed E-state index contributed by atoms with van der Waals surface area (Å²) in [6.45, 7) is 1.44. The molecule has 1 aromatic heterocycles. The first-order chi connectivity index (χ1) is 17.1. The summed E-state index contributed by atoms with van der Waals surface area (Å²) in [4.78, 5) is 29.7. The smallest absolute Gasteiger partial charge is 0.249 e. The molecule has 1 aliphatic carbocycles. The molecule has 35 heavy (non-hydrogen) atoms. The molecule has 0 spiro atoms. The maximum Gasteiger partial charge on any atom is 0.249 e. The van der Waals surface area contributed by atoms with E-state index in [0.717, 1.165) is 18.4 Å². The van der Waals surface area contributed by atoms with Crippen LogP contribution in [0.4, 0.5) is 0 Å². The number of benzene rings is 2. The van der Waals surface area contributed by atoms with Gasteiger partial charge in [0, 0.05) is 31.1 Å². The third kappa shape index (κ3) is 5.62. The Hall–Kier alpha value is -3.45. The number of rotatable bonds is 7. The second kappa shape index (κ2) is 10.4. The Morgan fingerprint density at radius 3 is 2.43 bits per heavy atom. The van der Waals surface area contributed by atoms with Crippen molar-refractivity contribution in [3.8, 4) is 11.5 Å². The summed E-state index contributed by atoms with van der Waals surface area (Å²) in [5, 5.41) is 8.83. The highest BCUT2D eigenvalue weighted by atomic mass is 35.5. The van der Waals surface area contributed by atoms with Crippen molar-refractivity contribution < 1.29 is 14.0 Å². The van der Waals surface area contributed by atoms with E-state index < -0.39 is 0 Å². The number of likely N-dealkylation sites (tertiary alicyclic amines) is 1. The minimum atomic E-state index is -0.108. The highest BCUT2D eigenvalue weighted by Crippen LogP contribution is 2.33. The molecule has 1 saturated heterocycles. The molecule has 0 bridgehead atoms. The fourth-order valence-corrected chi connectivity index (χ4v) is 4.61. The van der Waals surface area contributed by atoms with Crippen LogP contribution >= 0.6 is 11.6 Å². The number of nitrogens with zero attached hydrogens (tertiary/aromatic N) is 4. The van der Waals surface area contributed by atoms with Crippen LogP contribution in [0.1, 0.15) is 37.1 Å². The highest BCUT2D eigenvalue weighted by Gasteiger charge is 2.38. The Bertz CT molecular complexity index is 1210. The zero-order chi connectivity index (χ0) is 24.2. The molecule has 1 aliphatic heterocycles. The van der Waals surface area contributed by atoms with Crippen molar-refractivity contribution in [3.05, 3.63) is 77.2 Å². The van der Waals surface area contributed by atoms with Gasteiger partial charge in [0.1, 0.15) is 0 Å². The van der Waals surface area contributed by atoms with Crippen molar-refractivity contribution in [2.75, 3.05) is 13.1 Å². The van der Waals surface area contributed by atoms with Gasteiger partial charge in [-0.1, -0.05) is 54.1 Å². The van der Waals surface area contributed by atoms with Gasteiger partial charge in [-0.3, -0.25) is 9.59 Å². The first-order valence-electron chi connectivity index (χ1n) is 12.0. The first-order valence-corrected chi connectivity index (χ1v) is 12.4. The second-order valence-corrected chi connectivity index (χ2v) is 9.43. The van der Waals surface area contributed by atoms with Gasteiger partial charge in [0.2, 0.25) is 23.6 Å².